The number of fused-ring (bicyclic) bond motifs is 2. The monoisotopic (exact) mass is 305 g/mol. The molecule has 1 aromatic rings. The molecule has 1 amide bonds. The maximum Gasteiger partial charge on any atom is 0.311 e. The maximum atomic E-state index is 12.5. The molecule has 21 heavy (non-hydrogen) atoms. The molecule has 0 saturated heterocycles. The Labute approximate surface area is 129 Å². The first-order chi connectivity index (χ1) is 10.0. The molecule has 2 bridgehead atoms. The Morgan fingerprint density at radius 3 is 2.48 bits per heavy atom. The molecule has 0 heterocycles. The summed E-state index contributed by atoms with van der Waals surface area (Å²) >= 11 is 4.33. The van der Waals surface area contributed by atoms with Gasteiger partial charge in [0, 0.05) is 10.4 Å². The van der Waals surface area contributed by atoms with Gasteiger partial charge in [-0.05, 0) is 44.2 Å². The van der Waals surface area contributed by atoms with Crippen LogP contribution in [0.1, 0.15) is 42.5 Å². The molecule has 0 radical (unpaired) electrons. The fourth-order valence-electron chi connectivity index (χ4n) is 3.84. The van der Waals surface area contributed by atoms with Gasteiger partial charge in [-0.2, -0.15) is 0 Å². The van der Waals surface area contributed by atoms with Crippen molar-refractivity contribution in [3.63, 3.8) is 0 Å². The molecule has 0 aliphatic heterocycles. The molecule has 3 rings (SSSR count). The number of esters is 1. The van der Waals surface area contributed by atoms with E-state index < -0.39 is 0 Å². The van der Waals surface area contributed by atoms with Crippen molar-refractivity contribution in [3.8, 4) is 0 Å². The van der Waals surface area contributed by atoms with Crippen molar-refractivity contribution >= 4 is 24.5 Å². The highest BCUT2D eigenvalue weighted by atomic mass is 32.1. The van der Waals surface area contributed by atoms with Gasteiger partial charge in [-0.1, -0.05) is 12.1 Å². The molecule has 2 saturated carbocycles. The summed E-state index contributed by atoms with van der Waals surface area (Å²) in [7, 11) is 1.44. The molecule has 0 unspecified atom stereocenters. The van der Waals surface area contributed by atoms with E-state index in [4.69, 9.17) is 4.74 Å². The number of hydrogen-bond acceptors (Lipinski definition) is 4. The SMILES string of the molecule is COC(=O)C12CCC(NC(=O)c3ccccc3S)(CC1)C2. The van der Waals surface area contributed by atoms with Crippen LogP contribution in [0.5, 0.6) is 0 Å². The summed E-state index contributed by atoms with van der Waals surface area (Å²) in [6.45, 7) is 0. The lowest BCUT2D eigenvalue weighted by molar-refractivity contribution is -0.152. The largest absolute Gasteiger partial charge is 0.469 e. The van der Waals surface area contributed by atoms with Gasteiger partial charge in [0.25, 0.3) is 5.91 Å². The minimum absolute atomic E-state index is 0.108. The van der Waals surface area contributed by atoms with Crippen LogP contribution in [0.3, 0.4) is 0 Å². The van der Waals surface area contributed by atoms with Gasteiger partial charge in [0.05, 0.1) is 18.1 Å². The number of rotatable bonds is 3. The molecule has 1 N–H and O–H groups in total. The van der Waals surface area contributed by atoms with Gasteiger partial charge < -0.3 is 10.1 Å². The molecule has 0 aromatic heterocycles. The van der Waals surface area contributed by atoms with Crippen LogP contribution < -0.4 is 5.32 Å². The first kappa shape index (κ1) is 14.4. The molecule has 0 atom stereocenters. The number of methoxy groups -OCH3 is 1. The van der Waals surface area contributed by atoms with Crippen LogP contribution in [0.15, 0.2) is 29.2 Å². The average Bonchev–Trinajstić information content (AvgIpc) is 3.03. The van der Waals surface area contributed by atoms with Gasteiger partial charge in [0.1, 0.15) is 0 Å². The van der Waals surface area contributed by atoms with Gasteiger partial charge >= 0.3 is 5.97 Å². The van der Waals surface area contributed by atoms with Crippen molar-refractivity contribution in [2.24, 2.45) is 5.41 Å². The van der Waals surface area contributed by atoms with E-state index in [1.807, 2.05) is 12.1 Å². The third kappa shape index (κ3) is 2.33. The Kier molecular flexibility index (Phi) is 3.48. The molecule has 2 aliphatic carbocycles. The van der Waals surface area contributed by atoms with E-state index in [2.05, 4.69) is 17.9 Å². The minimum atomic E-state index is -0.386. The molecule has 5 heteroatoms. The first-order valence-electron chi connectivity index (χ1n) is 7.19. The first-order valence-corrected chi connectivity index (χ1v) is 7.64. The Morgan fingerprint density at radius 1 is 1.19 bits per heavy atom. The molecule has 112 valence electrons. The predicted octanol–water partition coefficient (Wildman–Crippen LogP) is 2.58. The normalized spacial score (nSPS) is 30.2. The highest BCUT2D eigenvalue weighted by Crippen LogP contribution is 2.57. The second-order valence-corrected chi connectivity index (χ2v) is 6.68. The zero-order valence-electron chi connectivity index (χ0n) is 12.0. The Hall–Kier alpha value is -1.49. The lowest BCUT2D eigenvalue weighted by Gasteiger charge is -2.28. The van der Waals surface area contributed by atoms with Crippen LogP contribution >= 0.6 is 12.6 Å². The molecule has 4 nitrogen and oxygen atoms in total. The number of amides is 1. The van der Waals surface area contributed by atoms with E-state index >= 15 is 0 Å². The van der Waals surface area contributed by atoms with Crippen molar-refractivity contribution in [2.45, 2.75) is 42.5 Å². The molecule has 1 aromatic carbocycles. The molecule has 2 fully saturated rings. The highest BCUT2D eigenvalue weighted by Gasteiger charge is 2.59. The van der Waals surface area contributed by atoms with Crippen molar-refractivity contribution in [2.75, 3.05) is 7.11 Å². The van der Waals surface area contributed by atoms with Gasteiger partial charge in [0.2, 0.25) is 0 Å². The van der Waals surface area contributed by atoms with Crippen LogP contribution in [0, 0.1) is 5.41 Å². The molecular weight excluding hydrogens is 286 g/mol. The number of benzene rings is 1. The zero-order valence-corrected chi connectivity index (χ0v) is 12.9. The number of nitrogens with one attached hydrogen (secondary N) is 1. The average molecular weight is 305 g/mol. The smallest absolute Gasteiger partial charge is 0.311 e. The number of carbonyl (C=O) groups is 2. The third-order valence-corrected chi connectivity index (χ3v) is 5.38. The summed E-state index contributed by atoms with van der Waals surface area (Å²) in [5.41, 5.74) is -0.0678. The van der Waals surface area contributed by atoms with Gasteiger partial charge in [-0.15, -0.1) is 12.6 Å². The van der Waals surface area contributed by atoms with Crippen LogP contribution in [0.4, 0.5) is 0 Å². The zero-order chi connectivity index (χ0) is 15.1. The molecule has 2 aliphatic rings. The molecule has 0 spiro atoms. The fourth-order valence-corrected chi connectivity index (χ4v) is 4.11. The van der Waals surface area contributed by atoms with Crippen LogP contribution in [0.25, 0.3) is 0 Å². The third-order valence-electron chi connectivity index (χ3n) is 4.99. The van der Waals surface area contributed by atoms with Crippen LogP contribution in [0.2, 0.25) is 0 Å². The van der Waals surface area contributed by atoms with E-state index in [9.17, 15) is 9.59 Å². The lowest BCUT2D eigenvalue weighted by Crippen LogP contribution is -2.45. The second kappa shape index (κ2) is 5.05. The summed E-state index contributed by atoms with van der Waals surface area (Å²) < 4.78 is 4.94. The van der Waals surface area contributed by atoms with Gasteiger partial charge in [-0.25, -0.2) is 0 Å². The quantitative estimate of drug-likeness (QED) is 0.666. The Bertz CT molecular complexity index is 591. The van der Waals surface area contributed by atoms with Crippen molar-refractivity contribution < 1.29 is 14.3 Å². The topological polar surface area (TPSA) is 55.4 Å². The van der Waals surface area contributed by atoms with E-state index in [-0.39, 0.29) is 22.8 Å². The second-order valence-electron chi connectivity index (χ2n) is 6.20. The van der Waals surface area contributed by atoms with E-state index in [0.29, 0.717) is 16.9 Å². The minimum Gasteiger partial charge on any atom is -0.469 e. The molecular formula is C16H19NO3S. The van der Waals surface area contributed by atoms with E-state index in [1.54, 1.807) is 12.1 Å². The summed E-state index contributed by atoms with van der Waals surface area (Å²) in [5, 5.41) is 3.15. The lowest BCUT2D eigenvalue weighted by atomic mass is 9.84. The van der Waals surface area contributed by atoms with E-state index in [0.717, 1.165) is 25.7 Å². The maximum absolute atomic E-state index is 12.5. The summed E-state index contributed by atoms with van der Waals surface area (Å²) in [4.78, 5) is 25.1. The number of carbonyl (C=O) groups excluding carboxylic acids is 2. The number of ether oxygens (including phenoxy) is 1. The number of thiol groups is 1. The highest BCUT2D eigenvalue weighted by molar-refractivity contribution is 7.80. The van der Waals surface area contributed by atoms with Gasteiger partial charge in [0.15, 0.2) is 0 Å². The van der Waals surface area contributed by atoms with Crippen LogP contribution in [-0.2, 0) is 9.53 Å². The van der Waals surface area contributed by atoms with Gasteiger partial charge in [-0.3, -0.25) is 9.59 Å². The Morgan fingerprint density at radius 2 is 1.86 bits per heavy atom. The van der Waals surface area contributed by atoms with Crippen molar-refractivity contribution in [3.05, 3.63) is 29.8 Å². The van der Waals surface area contributed by atoms with E-state index in [1.165, 1.54) is 7.11 Å². The van der Waals surface area contributed by atoms with Crippen molar-refractivity contribution in [1.29, 1.82) is 0 Å². The Balaban J connectivity index is 1.77. The summed E-state index contributed by atoms with van der Waals surface area (Å²) in [5.74, 6) is -0.242. The predicted molar refractivity (Wildman–Crippen MR) is 81.4 cm³/mol. The van der Waals surface area contributed by atoms with Crippen LogP contribution in [-0.4, -0.2) is 24.5 Å². The number of hydrogen-bond donors (Lipinski definition) is 2. The standard InChI is InChI=1S/C16H19NO3S/c1-20-14(19)15-6-8-16(10-15,9-7-15)17-13(18)11-4-2-3-5-12(11)21/h2-5,21H,6-10H2,1H3,(H,17,18). The summed E-state index contributed by atoms with van der Waals surface area (Å²) in [6, 6.07) is 7.25. The fraction of sp³-hybridized carbons (Fsp3) is 0.500. The van der Waals surface area contributed by atoms with Crippen molar-refractivity contribution in [1.82, 2.24) is 5.32 Å². The summed E-state index contributed by atoms with van der Waals surface area (Å²) in [6.07, 6.45) is 3.95.